The SMILES string of the molecule is CCCCCCC1(C)NC(=O)N(CC(=O)NCc2ccccc2Cl)C1=O. The summed E-state index contributed by atoms with van der Waals surface area (Å²) in [4.78, 5) is 37.9. The van der Waals surface area contributed by atoms with Crippen molar-refractivity contribution in [2.45, 2.75) is 58.0 Å². The first kappa shape index (κ1) is 20.2. The molecule has 1 atom stereocenters. The van der Waals surface area contributed by atoms with Crippen LogP contribution in [0, 0.1) is 0 Å². The highest BCUT2D eigenvalue weighted by molar-refractivity contribution is 6.31. The number of nitrogens with one attached hydrogen (secondary N) is 2. The fourth-order valence-electron chi connectivity index (χ4n) is 3.00. The molecule has 1 heterocycles. The van der Waals surface area contributed by atoms with E-state index < -0.39 is 17.5 Å². The molecule has 0 spiro atoms. The summed E-state index contributed by atoms with van der Waals surface area (Å²) in [5, 5.41) is 5.99. The van der Waals surface area contributed by atoms with Gasteiger partial charge in [0.2, 0.25) is 5.91 Å². The highest BCUT2D eigenvalue weighted by atomic mass is 35.5. The van der Waals surface area contributed by atoms with Crippen molar-refractivity contribution >= 4 is 29.4 Å². The van der Waals surface area contributed by atoms with Crippen molar-refractivity contribution in [3.05, 3.63) is 34.9 Å². The molecule has 1 aromatic rings. The van der Waals surface area contributed by atoms with Gasteiger partial charge in [0.1, 0.15) is 12.1 Å². The fourth-order valence-corrected chi connectivity index (χ4v) is 3.20. The fraction of sp³-hybridized carbons (Fsp3) is 0.526. The quantitative estimate of drug-likeness (QED) is 0.510. The van der Waals surface area contributed by atoms with Gasteiger partial charge in [-0.3, -0.25) is 14.5 Å². The van der Waals surface area contributed by atoms with Gasteiger partial charge in [-0.1, -0.05) is 62.4 Å². The standard InChI is InChI=1S/C19H26ClN3O3/c1-3-4-5-8-11-19(2)17(25)23(18(26)22-19)13-16(24)21-12-14-9-6-7-10-15(14)20/h6-7,9-10H,3-5,8,11-13H2,1-2H3,(H,21,24)(H,22,26). The van der Waals surface area contributed by atoms with Crippen molar-refractivity contribution in [3.8, 4) is 0 Å². The van der Waals surface area contributed by atoms with Crippen LogP contribution in [0.3, 0.4) is 0 Å². The van der Waals surface area contributed by atoms with E-state index in [1.807, 2.05) is 18.2 Å². The van der Waals surface area contributed by atoms with Gasteiger partial charge in [0.25, 0.3) is 5.91 Å². The maximum atomic E-state index is 12.6. The van der Waals surface area contributed by atoms with E-state index in [2.05, 4.69) is 17.6 Å². The van der Waals surface area contributed by atoms with Gasteiger partial charge in [0.15, 0.2) is 0 Å². The predicted molar refractivity (Wildman–Crippen MR) is 101 cm³/mol. The summed E-state index contributed by atoms with van der Waals surface area (Å²) in [5.74, 6) is -0.740. The Morgan fingerprint density at radius 2 is 1.96 bits per heavy atom. The number of hydrogen-bond acceptors (Lipinski definition) is 3. The lowest BCUT2D eigenvalue weighted by atomic mass is 9.94. The number of amides is 4. The topological polar surface area (TPSA) is 78.5 Å². The maximum Gasteiger partial charge on any atom is 0.325 e. The third-order valence-corrected chi connectivity index (χ3v) is 4.98. The first-order chi connectivity index (χ1) is 12.4. The van der Waals surface area contributed by atoms with Gasteiger partial charge in [-0.2, -0.15) is 0 Å². The van der Waals surface area contributed by atoms with Crippen LogP contribution in [-0.2, 0) is 16.1 Å². The second kappa shape index (κ2) is 9.03. The smallest absolute Gasteiger partial charge is 0.325 e. The minimum absolute atomic E-state index is 0.246. The molecule has 0 radical (unpaired) electrons. The molecule has 26 heavy (non-hydrogen) atoms. The van der Waals surface area contributed by atoms with E-state index in [4.69, 9.17) is 11.6 Å². The summed E-state index contributed by atoms with van der Waals surface area (Å²) in [5.41, 5.74) is -0.145. The number of carbonyl (C=O) groups is 3. The minimum atomic E-state index is -0.923. The highest BCUT2D eigenvalue weighted by Gasteiger charge is 2.47. The molecule has 7 heteroatoms. The molecule has 0 aliphatic carbocycles. The average Bonchev–Trinajstić information content (AvgIpc) is 2.81. The van der Waals surface area contributed by atoms with Crippen molar-refractivity contribution in [2.24, 2.45) is 0 Å². The molecule has 1 fully saturated rings. The molecular weight excluding hydrogens is 354 g/mol. The summed E-state index contributed by atoms with van der Waals surface area (Å²) in [6.07, 6.45) is 4.67. The average molecular weight is 380 g/mol. The zero-order valence-electron chi connectivity index (χ0n) is 15.3. The zero-order chi connectivity index (χ0) is 19.2. The molecule has 2 N–H and O–H groups in total. The lowest BCUT2D eigenvalue weighted by Gasteiger charge is -2.21. The first-order valence-corrected chi connectivity index (χ1v) is 9.39. The van der Waals surface area contributed by atoms with E-state index in [-0.39, 0.29) is 19.0 Å². The van der Waals surface area contributed by atoms with Gasteiger partial charge in [-0.25, -0.2) is 4.79 Å². The second-order valence-electron chi connectivity index (χ2n) is 6.83. The Labute approximate surface area is 159 Å². The van der Waals surface area contributed by atoms with Gasteiger partial charge in [-0.15, -0.1) is 0 Å². The zero-order valence-corrected chi connectivity index (χ0v) is 16.1. The van der Waals surface area contributed by atoms with Gasteiger partial charge >= 0.3 is 6.03 Å². The lowest BCUT2D eigenvalue weighted by Crippen LogP contribution is -2.45. The first-order valence-electron chi connectivity index (χ1n) is 9.01. The van der Waals surface area contributed by atoms with E-state index in [9.17, 15) is 14.4 Å². The molecule has 1 unspecified atom stereocenters. The van der Waals surface area contributed by atoms with Crippen LogP contribution in [0.5, 0.6) is 0 Å². The van der Waals surface area contributed by atoms with E-state index >= 15 is 0 Å². The Morgan fingerprint density at radius 1 is 1.23 bits per heavy atom. The molecule has 6 nitrogen and oxygen atoms in total. The maximum absolute atomic E-state index is 12.6. The molecule has 142 valence electrons. The van der Waals surface area contributed by atoms with E-state index in [1.165, 1.54) is 0 Å². The number of carbonyl (C=O) groups excluding carboxylic acids is 3. The number of unbranched alkanes of at least 4 members (excludes halogenated alkanes) is 3. The molecule has 4 amide bonds. The van der Waals surface area contributed by atoms with Crippen LogP contribution in [0.2, 0.25) is 5.02 Å². The van der Waals surface area contributed by atoms with Crippen molar-refractivity contribution in [3.63, 3.8) is 0 Å². The molecule has 1 aromatic carbocycles. The number of benzene rings is 1. The Balaban J connectivity index is 1.88. The van der Waals surface area contributed by atoms with Crippen LogP contribution in [0.4, 0.5) is 4.79 Å². The number of urea groups is 1. The molecular formula is C19H26ClN3O3. The summed E-state index contributed by atoms with van der Waals surface area (Å²) >= 11 is 6.05. The van der Waals surface area contributed by atoms with Crippen molar-refractivity contribution in [2.75, 3.05) is 6.54 Å². The van der Waals surface area contributed by atoms with Gasteiger partial charge in [0.05, 0.1) is 0 Å². The van der Waals surface area contributed by atoms with Gasteiger partial charge < -0.3 is 10.6 Å². The highest BCUT2D eigenvalue weighted by Crippen LogP contribution is 2.24. The summed E-state index contributed by atoms with van der Waals surface area (Å²) < 4.78 is 0. The Morgan fingerprint density at radius 3 is 2.65 bits per heavy atom. The van der Waals surface area contributed by atoms with E-state index in [0.29, 0.717) is 11.4 Å². The van der Waals surface area contributed by atoms with Crippen LogP contribution >= 0.6 is 11.6 Å². The Kier molecular flexibility index (Phi) is 7.03. The van der Waals surface area contributed by atoms with Gasteiger partial charge in [-0.05, 0) is 25.0 Å². The summed E-state index contributed by atoms with van der Waals surface area (Å²) in [6, 6.07) is 6.67. The number of imide groups is 1. The largest absolute Gasteiger partial charge is 0.350 e. The molecule has 0 bridgehead atoms. The van der Waals surface area contributed by atoms with Crippen molar-refractivity contribution < 1.29 is 14.4 Å². The minimum Gasteiger partial charge on any atom is -0.350 e. The van der Waals surface area contributed by atoms with Crippen molar-refractivity contribution in [1.82, 2.24) is 15.5 Å². The molecule has 0 saturated carbocycles. The predicted octanol–water partition coefficient (Wildman–Crippen LogP) is 3.24. The van der Waals surface area contributed by atoms with Crippen LogP contribution in [0.25, 0.3) is 0 Å². The van der Waals surface area contributed by atoms with Crippen LogP contribution < -0.4 is 10.6 Å². The molecule has 2 rings (SSSR count). The van der Waals surface area contributed by atoms with Gasteiger partial charge in [0, 0.05) is 11.6 Å². The third-order valence-electron chi connectivity index (χ3n) is 4.61. The third kappa shape index (κ3) is 4.97. The number of hydrogen-bond donors (Lipinski definition) is 2. The van der Waals surface area contributed by atoms with Crippen LogP contribution in [-0.4, -0.2) is 34.8 Å². The molecule has 0 aromatic heterocycles. The van der Waals surface area contributed by atoms with E-state index in [1.54, 1.807) is 13.0 Å². The molecule has 1 saturated heterocycles. The molecule has 1 aliphatic heterocycles. The number of nitrogens with zero attached hydrogens (tertiary/aromatic N) is 1. The van der Waals surface area contributed by atoms with Crippen LogP contribution in [0.1, 0.15) is 51.5 Å². The summed E-state index contributed by atoms with van der Waals surface area (Å²) in [6.45, 7) is 3.80. The van der Waals surface area contributed by atoms with Crippen molar-refractivity contribution in [1.29, 1.82) is 0 Å². The number of rotatable bonds is 9. The lowest BCUT2D eigenvalue weighted by molar-refractivity contribution is -0.134. The second-order valence-corrected chi connectivity index (χ2v) is 7.24. The summed E-state index contributed by atoms with van der Waals surface area (Å²) in [7, 11) is 0. The Bertz CT molecular complexity index is 680. The van der Waals surface area contributed by atoms with Crippen LogP contribution in [0.15, 0.2) is 24.3 Å². The monoisotopic (exact) mass is 379 g/mol. The van der Waals surface area contributed by atoms with E-state index in [0.717, 1.165) is 36.1 Å². The normalized spacial score (nSPS) is 19.6. The molecule has 1 aliphatic rings. The number of halogens is 1. The Hall–Kier alpha value is -2.08.